The van der Waals surface area contributed by atoms with Gasteiger partial charge in [0.25, 0.3) is 0 Å². The summed E-state index contributed by atoms with van der Waals surface area (Å²) in [5.41, 5.74) is 10.1. The van der Waals surface area contributed by atoms with Crippen molar-refractivity contribution >= 4 is 48.0 Å². The minimum absolute atomic E-state index is 0.0855. The maximum absolute atomic E-state index is 14.7. The van der Waals surface area contributed by atoms with Crippen molar-refractivity contribution in [2.24, 2.45) is 23.7 Å². The molecule has 28 nitrogen and oxygen atoms in total. The number of aromatic amines is 4. The number of rotatable bonds is 22. The van der Waals surface area contributed by atoms with Gasteiger partial charge in [0.15, 0.2) is 0 Å². The van der Waals surface area contributed by atoms with E-state index in [0.717, 1.165) is 44.5 Å². The SMILES string of the molecule is COC(=O)N[C@H](C(=O)N1C[C@H](F)C[C@H]1c1ncc(-c2ccc(-c3ccc(-c4cnc([C@@H]5C[C@@H](F)CN5C(=O)[C@@H](NC(=O)OC)C(C)C)[nH]4)cc3)cc2)[nH]1)C(C)C.COC(=O)N[C@H](C(=O)N1C[C@H](F)C[C@H]1c1ncc(-c2ccc(-c3ccc(-c4cnc([C@@H]5C[C@@H](F)CN5C(=O)[C@@H](NC(=O)OC)C(C)C)[nH]4)cc3)cc2)[nH]1)C(C)C. The molecule has 0 bridgehead atoms. The van der Waals surface area contributed by atoms with Crippen LogP contribution in [-0.4, -0.2) is 211 Å². The van der Waals surface area contributed by atoms with E-state index in [0.29, 0.717) is 46.1 Å². The van der Waals surface area contributed by atoms with Crippen LogP contribution in [0.1, 0.15) is 129 Å². The Labute approximate surface area is 645 Å². The van der Waals surface area contributed by atoms with Crippen molar-refractivity contribution < 1.29 is 74.9 Å². The van der Waals surface area contributed by atoms with E-state index in [-0.39, 0.29) is 75.5 Å². The van der Waals surface area contributed by atoms with Crippen molar-refractivity contribution in [3.05, 3.63) is 145 Å². The van der Waals surface area contributed by atoms with E-state index in [1.54, 1.807) is 80.2 Å². The number of H-pyrrole nitrogens is 4. The predicted molar refractivity (Wildman–Crippen MR) is 407 cm³/mol. The van der Waals surface area contributed by atoms with Crippen molar-refractivity contribution in [3.8, 4) is 67.3 Å². The molecular formula is C80H96F4N16O12. The number of nitrogens with one attached hydrogen (secondary N) is 8. The molecule has 8 heterocycles. The number of halogens is 4. The highest BCUT2D eigenvalue weighted by Crippen LogP contribution is 2.40. The number of imidazole rings is 4. The van der Waals surface area contributed by atoms with E-state index in [4.69, 9.17) is 18.9 Å². The zero-order valence-corrected chi connectivity index (χ0v) is 64.4. The molecule has 8 N–H and O–H groups in total. The summed E-state index contributed by atoms with van der Waals surface area (Å²) in [6.07, 6.45) is -0.871. The third-order valence-corrected chi connectivity index (χ3v) is 20.8. The lowest BCUT2D eigenvalue weighted by Gasteiger charge is -2.29. The van der Waals surface area contributed by atoms with E-state index < -0.39 is 121 Å². The van der Waals surface area contributed by atoms with Crippen LogP contribution >= 0.6 is 0 Å². The predicted octanol–water partition coefficient (Wildman–Crippen LogP) is 12.2. The summed E-state index contributed by atoms with van der Waals surface area (Å²) in [7, 11) is 4.89. The molecule has 0 aliphatic carbocycles. The molecule has 12 atom stereocenters. The standard InChI is InChI=1S/2C40H48F2N8O6/c2*1-21(2)33(47-39(53)55-5)37(51)49-19-27(41)15-31(49)35-43-17-29(45-35)25-11-7-23(8-12-25)24-9-13-26(14-10-24)30-18-44-36(46-30)32-16-28(42)20-50(32)38(52)34(22(3)4)48-40(54)56-6/h2*7-14,17-18,21-22,27-28,31-34H,15-16,19-20H2,1-6H3,(H,43,45)(H,44,46)(H,47,53)(H,48,54)/t2*27-,28-,31+,32+,33+,34+/m11/s1. The number of nitrogens with zero attached hydrogens (tertiary/aromatic N) is 8. The highest BCUT2D eigenvalue weighted by molar-refractivity contribution is 5.89. The highest BCUT2D eigenvalue weighted by Gasteiger charge is 2.46. The number of benzene rings is 4. The maximum atomic E-state index is 14.7. The van der Waals surface area contributed by atoms with Crippen LogP contribution in [0.15, 0.2) is 122 Å². The molecule has 112 heavy (non-hydrogen) atoms. The molecule has 8 amide bonds. The van der Waals surface area contributed by atoms with Crippen LogP contribution in [0, 0.1) is 23.7 Å². The third kappa shape index (κ3) is 18.5. The monoisotopic (exact) mass is 1550 g/mol. The number of likely N-dealkylation sites (tertiary alicyclic amines) is 4. The molecule has 12 rings (SSSR count). The van der Waals surface area contributed by atoms with Crippen LogP contribution in [0.4, 0.5) is 36.7 Å². The van der Waals surface area contributed by atoms with Gasteiger partial charge in [0, 0.05) is 25.7 Å². The molecule has 4 aromatic heterocycles. The Kier molecular flexibility index (Phi) is 25.9. The van der Waals surface area contributed by atoms with Gasteiger partial charge >= 0.3 is 24.4 Å². The Hall–Kier alpha value is -11.6. The van der Waals surface area contributed by atoms with Gasteiger partial charge in [-0.05, 0) is 68.2 Å². The van der Waals surface area contributed by atoms with Gasteiger partial charge < -0.3 is 79.8 Å². The van der Waals surface area contributed by atoms with E-state index >= 15 is 0 Å². The fourth-order valence-electron chi connectivity index (χ4n) is 14.6. The highest BCUT2D eigenvalue weighted by atomic mass is 19.1. The van der Waals surface area contributed by atoms with Gasteiger partial charge in [-0.3, -0.25) is 19.2 Å². The number of hydrogen-bond acceptors (Lipinski definition) is 16. The smallest absolute Gasteiger partial charge is 0.407 e. The molecule has 4 aliphatic heterocycles. The number of methoxy groups -OCH3 is 4. The number of carbonyl (C=O) groups is 8. The molecule has 4 saturated heterocycles. The number of amides is 8. The fraction of sp³-hybridized carbons (Fsp3) is 0.450. The maximum Gasteiger partial charge on any atom is 0.407 e. The van der Waals surface area contributed by atoms with Crippen molar-refractivity contribution in [3.63, 3.8) is 0 Å². The van der Waals surface area contributed by atoms with Gasteiger partial charge in [0.1, 0.15) is 72.2 Å². The number of hydrogen-bond donors (Lipinski definition) is 8. The Morgan fingerprint density at radius 3 is 0.652 bits per heavy atom. The second-order valence-electron chi connectivity index (χ2n) is 29.8. The van der Waals surface area contributed by atoms with Crippen molar-refractivity contribution in [1.82, 2.24) is 80.7 Å². The first kappa shape index (κ1) is 81.4. The normalized spacial score (nSPS) is 20.6. The van der Waals surface area contributed by atoms with E-state index in [9.17, 15) is 55.9 Å². The number of aromatic nitrogens is 8. The van der Waals surface area contributed by atoms with Crippen molar-refractivity contribution in [1.29, 1.82) is 0 Å². The number of carbonyl (C=O) groups excluding carboxylic acids is 8. The third-order valence-electron chi connectivity index (χ3n) is 20.8. The van der Waals surface area contributed by atoms with Gasteiger partial charge in [-0.25, -0.2) is 56.7 Å². The molecule has 8 aromatic rings. The van der Waals surface area contributed by atoms with E-state index in [2.05, 4.69) is 61.1 Å². The molecule has 0 saturated carbocycles. The number of alkyl carbamates (subject to hydrolysis) is 4. The fourth-order valence-corrected chi connectivity index (χ4v) is 14.6. The number of ether oxygens (including phenoxy) is 4. The van der Waals surface area contributed by atoms with Crippen LogP contribution in [0.5, 0.6) is 0 Å². The molecule has 4 aromatic carbocycles. The zero-order valence-electron chi connectivity index (χ0n) is 64.4. The van der Waals surface area contributed by atoms with Crippen LogP contribution in [0.2, 0.25) is 0 Å². The lowest BCUT2D eigenvalue weighted by atomic mass is 10.0. The Morgan fingerprint density at radius 2 is 0.491 bits per heavy atom. The van der Waals surface area contributed by atoms with Crippen molar-refractivity contribution in [2.45, 2.75) is 154 Å². The summed E-state index contributed by atoms with van der Waals surface area (Å²) in [5.74, 6) is -0.739. The van der Waals surface area contributed by atoms with Crippen molar-refractivity contribution in [2.75, 3.05) is 54.6 Å². The zero-order chi connectivity index (χ0) is 80.5. The molecule has 596 valence electrons. The first-order valence-corrected chi connectivity index (χ1v) is 37.3. The quantitative estimate of drug-likeness (QED) is 0.0231. The molecule has 0 spiro atoms. The Morgan fingerprint density at radius 1 is 0.321 bits per heavy atom. The first-order chi connectivity index (χ1) is 53.5. The first-order valence-electron chi connectivity index (χ1n) is 37.3. The van der Waals surface area contributed by atoms with Crippen LogP contribution in [-0.2, 0) is 38.1 Å². The van der Waals surface area contributed by atoms with E-state index in [1.165, 1.54) is 48.0 Å². The minimum atomic E-state index is -1.23. The largest absolute Gasteiger partial charge is 0.453 e. The average Bonchev–Trinajstić information content (AvgIpc) is 1.66. The summed E-state index contributed by atoms with van der Waals surface area (Å²) in [6, 6.07) is 25.4. The Bertz CT molecular complexity index is 4030. The second-order valence-corrected chi connectivity index (χ2v) is 29.8. The summed E-state index contributed by atoms with van der Waals surface area (Å²) < 4.78 is 77.7. The summed E-state index contributed by atoms with van der Waals surface area (Å²) in [5, 5.41) is 10.3. The lowest BCUT2D eigenvalue weighted by molar-refractivity contribution is -0.136. The molecule has 4 aliphatic rings. The average molecular weight is 1550 g/mol. The summed E-state index contributed by atoms with van der Waals surface area (Å²) in [4.78, 5) is 139. The summed E-state index contributed by atoms with van der Waals surface area (Å²) >= 11 is 0. The molecule has 32 heteroatoms. The lowest BCUT2D eigenvalue weighted by Crippen LogP contribution is -2.51. The Balaban J connectivity index is 0.000000221. The van der Waals surface area contributed by atoms with Gasteiger partial charge in [-0.2, -0.15) is 0 Å². The van der Waals surface area contributed by atoms with Crippen LogP contribution in [0.25, 0.3) is 67.3 Å². The minimum Gasteiger partial charge on any atom is -0.453 e. The van der Waals surface area contributed by atoms with E-state index in [1.807, 2.05) is 97.1 Å². The molecule has 0 radical (unpaired) electrons. The molecule has 0 unspecified atom stereocenters. The second kappa shape index (κ2) is 35.6. The topological polar surface area (TPSA) is 349 Å². The van der Waals surface area contributed by atoms with Gasteiger partial charge in [0.05, 0.1) is 126 Å². The van der Waals surface area contributed by atoms with Crippen LogP contribution in [0.3, 0.4) is 0 Å². The van der Waals surface area contributed by atoms with Crippen LogP contribution < -0.4 is 21.3 Å². The molecule has 4 fully saturated rings. The number of alkyl halides is 4. The van der Waals surface area contributed by atoms with Gasteiger partial charge in [-0.15, -0.1) is 0 Å². The summed E-state index contributed by atoms with van der Waals surface area (Å²) in [6.45, 7) is 14.0. The molecular weight excluding hydrogens is 1450 g/mol. The van der Waals surface area contributed by atoms with Gasteiger partial charge in [-0.1, -0.05) is 152 Å². The van der Waals surface area contributed by atoms with Gasteiger partial charge in [0.2, 0.25) is 23.6 Å².